The largest absolute Gasteiger partial charge is 0.315 e. The third-order valence-electron chi connectivity index (χ3n) is 4.82. The van der Waals surface area contributed by atoms with Crippen LogP contribution in [0.2, 0.25) is 0 Å². The Bertz CT molecular complexity index is 425. The molecule has 2 nitrogen and oxygen atoms in total. The lowest BCUT2D eigenvalue weighted by Crippen LogP contribution is -2.33. The molecule has 0 heterocycles. The molecule has 3 rings (SSSR count). The quantitative estimate of drug-likeness (QED) is 0.768. The molecule has 20 heavy (non-hydrogen) atoms. The number of rotatable bonds is 7. The minimum Gasteiger partial charge on any atom is -0.315 e. The Balaban J connectivity index is 1.40. The fraction of sp³-hybridized carbons (Fsp3) is 0.667. The highest BCUT2D eigenvalue weighted by Gasteiger charge is 2.22. The van der Waals surface area contributed by atoms with Crippen LogP contribution >= 0.6 is 0 Å². The number of nitrogens with one attached hydrogen (secondary N) is 1. The molecule has 1 atom stereocenters. The third-order valence-corrected chi connectivity index (χ3v) is 4.82. The second kappa shape index (κ2) is 6.73. The minimum absolute atomic E-state index is 0.730. The van der Waals surface area contributed by atoms with Crippen LogP contribution in [0.3, 0.4) is 0 Å². The van der Waals surface area contributed by atoms with Crippen LogP contribution in [0.5, 0.6) is 0 Å². The number of benzene rings is 1. The molecule has 2 aliphatic carbocycles. The molecule has 1 fully saturated rings. The van der Waals surface area contributed by atoms with Gasteiger partial charge in [0.1, 0.15) is 0 Å². The SMILES string of the molecule is CN(CCNCC1CCCc2ccccc21)CC1CC1. The van der Waals surface area contributed by atoms with E-state index in [0.717, 1.165) is 24.9 Å². The van der Waals surface area contributed by atoms with E-state index >= 15 is 0 Å². The molecule has 0 amide bonds. The van der Waals surface area contributed by atoms with Crippen LogP contribution in [0.15, 0.2) is 24.3 Å². The molecule has 0 bridgehead atoms. The van der Waals surface area contributed by atoms with Gasteiger partial charge in [0.25, 0.3) is 0 Å². The van der Waals surface area contributed by atoms with E-state index < -0.39 is 0 Å². The summed E-state index contributed by atoms with van der Waals surface area (Å²) in [6.45, 7) is 4.76. The van der Waals surface area contributed by atoms with Gasteiger partial charge in [0.15, 0.2) is 0 Å². The van der Waals surface area contributed by atoms with Gasteiger partial charge in [0, 0.05) is 26.2 Å². The Hall–Kier alpha value is -0.860. The van der Waals surface area contributed by atoms with Crippen molar-refractivity contribution in [1.82, 2.24) is 10.2 Å². The van der Waals surface area contributed by atoms with Gasteiger partial charge >= 0.3 is 0 Å². The maximum atomic E-state index is 3.68. The predicted molar refractivity (Wildman–Crippen MR) is 85.2 cm³/mol. The summed E-state index contributed by atoms with van der Waals surface area (Å²) in [6.07, 6.45) is 6.89. The molecule has 0 aromatic heterocycles. The van der Waals surface area contributed by atoms with Crippen LogP contribution < -0.4 is 5.32 Å². The number of likely N-dealkylation sites (N-methyl/N-ethyl adjacent to an activating group) is 1. The topological polar surface area (TPSA) is 15.3 Å². The summed E-state index contributed by atoms with van der Waals surface area (Å²) >= 11 is 0. The van der Waals surface area contributed by atoms with Gasteiger partial charge in [-0.25, -0.2) is 0 Å². The van der Waals surface area contributed by atoms with Crippen LogP contribution in [0, 0.1) is 5.92 Å². The lowest BCUT2D eigenvalue weighted by atomic mass is 9.83. The van der Waals surface area contributed by atoms with Gasteiger partial charge < -0.3 is 10.2 Å². The average Bonchev–Trinajstić information content (AvgIpc) is 3.27. The van der Waals surface area contributed by atoms with Gasteiger partial charge in [0.2, 0.25) is 0 Å². The van der Waals surface area contributed by atoms with Crippen LogP contribution in [0.25, 0.3) is 0 Å². The van der Waals surface area contributed by atoms with Crippen molar-refractivity contribution in [1.29, 1.82) is 0 Å². The first kappa shape index (κ1) is 14.1. The fourth-order valence-corrected chi connectivity index (χ4v) is 3.45. The summed E-state index contributed by atoms with van der Waals surface area (Å²) < 4.78 is 0. The molecule has 0 aliphatic heterocycles. The van der Waals surface area contributed by atoms with Crippen LogP contribution in [-0.2, 0) is 6.42 Å². The summed E-state index contributed by atoms with van der Waals surface area (Å²) in [5, 5.41) is 3.68. The first-order chi connectivity index (χ1) is 9.83. The molecule has 0 spiro atoms. The number of hydrogen-bond donors (Lipinski definition) is 1. The lowest BCUT2D eigenvalue weighted by Gasteiger charge is -2.26. The molecule has 1 N–H and O–H groups in total. The molecule has 1 unspecified atom stereocenters. The van der Waals surface area contributed by atoms with Crippen molar-refractivity contribution >= 4 is 0 Å². The second-order valence-electron chi connectivity index (χ2n) is 6.70. The van der Waals surface area contributed by atoms with Crippen LogP contribution in [-0.4, -0.2) is 38.1 Å². The van der Waals surface area contributed by atoms with E-state index in [4.69, 9.17) is 0 Å². The van der Waals surface area contributed by atoms with Crippen LogP contribution in [0.1, 0.15) is 42.7 Å². The minimum atomic E-state index is 0.730. The molecule has 1 aromatic carbocycles. The highest BCUT2D eigenvalue weighted by molar-refractivity contribution is 5.32. The molecule has 110 valence electrons. The highest BCUT2D eigenvalue weighted by atomic mass is 15.1. The Kier molecular flexibility index (Phi) is 4.74. The monoisotopic (exact) mass is 272 g/mol. The molecule has 1 saturated carbocycles. The van der Waals surface area contributed by atoms with Gasteiger partial charge in [-0.1, -0.05) is 24.3 Å². The summed E-state index contributed by atoms with van der Waals surface area (Å²) in [7, 11) is 2.26. The van der Waals surface area contributed by atoms with E-state index in [1.165, 1.54) is 45.2 Å². The van der Waals surface area contributed by atoms with E-state index in [9.17, 15) is 0 Å². The smallest absolute Gasteiger partial charge is 0.0104 e. The summed E-state index contributed by atoms with van der Waals surface area (Å²) in [5.74, 6) is 1.74. The highest BCUT2D eigenvalue weighted by Crippen LogP contribution is 2.31. The van der Waals surface area contributed by atoms with Crippen molar-refractivity contribution in [2.24, 2.45) is 5.92 Å². The van der Waals surface area contributed by atoms with Crippen molar-refractivity contribution in [3.05, 3.63) is 35.4 Å². The predicted octanol–water partition coefficient (Wildman–Crippen LogP) is 3.04. The lowest BCUT2D eigenvalue weighted by molar-refractivity contribution is 0.316. The maximum Gasteiger partial charge on any atom is 0.0104 e. The van der Waals surface area contributed by atoms with Crippen LogP contribution in [0.4, 0.5) is 0 Å². The Morgan fingerprint density at radius 3 is 2.90 bits per heavy atom. The van der Waals surface area contributed by atoms with E-state index in [1.807, 2.05) is 0 Å². The number of nitrogens with zero attached hydrogens (tertiary/aromatic N) is 1. The molecule has 2 aliphatic rings. The summed E-state index contributed by atoms with van der Waals surface area (Å²) in [5.41, 5.74) is 3.17. The van der Waals surface area contributed by atoms with Crippen molar-refractivity contribution in [2.75, 3.05) is 33.2 Å². The second-order valence-corrected chi connectivity index (χ2v) is 6.70. The molecular formula is C18H28N2. The van der Waals surface area contributed by atoms with E-state index in [2.05, 4.69) is 41.5 Å². The molecule has 0 saturated heterocycles. The van der Waals surface area contributed by atoms with E-state index in [-0.39, 0.29) is 0 Å². The number of aryl methyl sites for hydroxylation is 1. The standard InChI is InChI=1S/C18H28N2/c1-20(14-15-9-10-15)12-11-19-13-17-7-4-6-16-5-2-3-8-18(16)17/h2-3,5,8,15,17,19H,4,6-7,9-14H2,1H3. The Morgan fingerprint density at radius 2 is 2.05 bits per heavy atom. The Morgan fingerprint density at radius 1 is 1.20 bits per heavy atom. The van der Waals surface area contributed by atoms with Crippen molar-refractivity contribution in [3.63, 3.8) is 0 Å². The van der Waals surface area contributed by atoms with Crippen molar-refractivity contribution < 1.29 is 0 Å². The zero-order valence-corrected chi connectivity index (χ0v) is 12.8. The van der Waals surface area contributed by atoms with Crippen molar-refractivity contribution in [3.8, 4) is 0 Å². The number of fused-ring (bicyclic) bond motifs is 1. The first-order valence-electron chi connectivity index (χ1n) is 8.30. The van der Waals surface area contributed by atoms with Gasteiger partial charge in [-0.05, 0) is 62.1 Å². The van der Waals surface area contributed by atoms with Crippen molar-refractivity contribution in [2.45, 2.75) is 38.0 Å². The molecule has 1 aromatic rings. The molecule has 2 heteroatoms. The molecule has 0 radical (unpaired) electrons. The third kappa shape index (κ3) is 3.83. The zero-order valence-electron chi connectivity index (χ0n) is 12.8. The average molecular weight is 272 g/mol. The maximum absolute atomic E-state index is 3.68. The summed E-state index contributed by atoms with van der Waals surface area (Å²) in [6, 6.07) is 9.02. The Labute approximate surface area is 123 Å². The van der Waals surface area contributed by atoms with Gasteiger partial charge in [-0.15, -0.1) is 0 Å². The fourth-order valence-electron chi connectivity index (χ4n) is 3.45. The molecular weight excluding hydrogens is 244 g/mol. The van der Waals surface area contributed by atoms with Gasteiger partial charge in [-0.3, -0.25) is 0 Å². The normalized spacial score (nSPS) is 22.0. The van der Waals surface area contributed by atoms with E-state index in [0.29, 0.717) is 0 Å². The summed E-state index contributed by atoms with van der Waals surface area (Å²) in [4.78, 5) is 2.49. The first-order valence-corrected chi connectivity index (χ1v) is 8.30. The number of hydrogen-bond acceptors (Lipinski definition) is 2. The zero-order chi connectivity index (χ0) is 13.8. The van der Waals surface area contributed by atoms with Gasteiger partial charge in [-0.2, -0.15) is 0 Å². The van der Waals surface area contributed by atoms with Gasteiger partial charge in [0.05, 0.1) is 0 Å². The van der Waals surface area contributed by atoms with E-state index in [1.54, 1.807) is 11.1 Å².